The van der Waals surface area contributed by atoms with E-state index >= 15 is 0 Å². The smallest absolute Gasteiger partial charge is 0.194 e. The average molecular weight is 285 g/mol. The Kier molecular flexibility index (Phi) is 3.94. The van der Waals surface area contributed by atoms with Gasteiger partial charge in [0, 0.05) is 0 Å². The van der Waals surface area contributed by atoms with E-state index in [1.807, 2.05) is 0 Å². The number of halogens is 4. The molecule has 1 unspecified atom stereocenters. The Morgan fingerprint density at radius 3 is 1.95 bits per heavy atom. The molecule has 0 aliphatic rings. The van der Waals surface area contributed by atoms with Crippen LogP contribution in [0, 0.1) is 23.3 Å². The summed E-state index contributed by atoms with van der Waals surface area (Å²) < 4.78 is 57.5. The summed E-state index contributed by atoms with van der Waals surface area (Å²) >= 11 is 0. The number of benzene rings is 2. The first-order chi connectivity index (χ1) is 9.43. The van der Waals surface area contributed by atoms with Gasteiger partial charge >= 0.3 is 0 Å². The van der Waals surface area contributed by atoms with Crippen molar-refractivity contribution in [3.8, 4) is 5.75 Å². The van der Waals surface area contributed by atoms with E-state index in [1.54, 1.807) is 0 Å². The molecule has 1 atom stereocenters. The fraction of sp³-hybridized carbons (Fsp3) is 0.143. The van der Waals surface area contributed by atoms with Gasteiger partial charge in [-0.15, -0.1) is 0 Å². The molecule has 0 fully saturated rings. The van der Waals surface area contributed by atoms with Crippen LogP contribution < -0.4 is 10.5 Å². The predicted molar refractivity (Wildman–Crippen MR) is 65.3 cm³/mol. The first kappa shape index (κ1) is 14.3. The third kappa shape index (κ3) is 2.60. The van der Waals surface area contributed by atoms with Crippen LogP contribution in [0.2, 0.25) is 0 Å². The van der Waals surface area contributed by atoms with Crippen LogP contribution in [0.3, 0.4) is 0 Å². The highest BCUT2D eigenvalue weighted by molar-refractivity contribution is 5.36. The second kappa shape index (κ2) is 5.50. The summed E-state index contributed by atoms with van der Waals surface area (Å²) in [6, 6.07) is 4.49. The number of rotatable bonds is 3. The Hall–Kier alpha value is -2.08. The minimum absolute atomic E-state index is 0.00552. The molecule has 0 saturated carbocycles. The molecule has 0 saturated heterocycles. The van der Waals surface area contributed by atoms with Crippen molar-refractivity contribution < 1.29 is 22.3 Å². The Bertz CT molecular complexity index is 622. The Morgan fingerprint density at radius 1 is 0.900 bits per heavy atom. The van der Waals surface area contributed by atoms with E-state index in [2.05, 4.69) is 0 Å². The fourth-order valence-corrected chi connectivity index (χ4v) is 1.82. The Balaban J connectivity index is 2.41. The van der Waals surface area contributed by atoms with Gasteiger partial charge in [-0.2, -0.15) is 0 Å². The van der Waals surface area contributed by atoms with Crippen molar-refractivity contribution >= 4 is 0 Å². The molecule has 2 aromatic rings. The molecule has 6 heteroatoms. The molecule has 106 valence electrons. The summed E-state index contributed by atoms with van der Waals surface area (Å²) in [5, 5.41) is 0. The quantitative estimate of drug-likeness (QED) is 0.693. The summed E-state index contributed by atoms with van der Waals surface area (Å²) in [6.45, 7) is 0. The molecule has 2 nitrogen and oxygen atoms in total. The van der Waals surface area contributed by atoms with Gasteiger partial charge in [0.15, 0.2) is 29.0 Å². The molecule has 20 heavy (non-hydrogen) atoms. The highest BCUT2D eigenvalue weighted by Crippen LogP contribution is 2.26. The van der Waals surface area contributed by atoms with E-state index in [4.69, 9.17) is 10.5 Å². The van der Waals surface area contributed by atoms with E-state index in [0.717, 1.165) is 18.2 Å². The van der Waals surface area contributed by atoms with Crippen molar-refractivity contribution in [3.63, 3.8) is 0 Å². The third-order valence-corrected chi connectivity index (χ3v) is 2.90. The number of methoxy groups -OCH3 is 1. The van der Waals surface area contributed by atoms with Gasteiger partial charge in [0.05, 0.1) is 13.2 Å². The van der Waals surface area contributed by atoms with Gasteiger partial charge in [0.1, 0.15) is 0 Å². The molecule has 2 N–H and O–H groups in total. The topological polar surface area (TPSA) is 35.2 Å². The maximum Gasteiger partial charge on any atom is 0.194 e. The second-order valence-corrected chi connectivity index (χ2v) is 4.17. The van der Waals surface area contributed by atoms with Gasteiger partial charge in [-0.25, -0.2) is 17.6 Å². The standard InChI is InChI=1S/C14H11F4NO/c1-20-12-3-2-7(4-9(12)15)14(19)8-5-10(16)13(18)11(17)6-8/h2-6,14H,19H2,1H3. The van der Waals surface area contributed by atoms with Gasteiger partial charge in [-0.3, -0.25) is 0 Å². The second-order valence-electron chi connectivity index (χ2n) is 4.17. The molecular weight excluding hydrogens is 274 g/mol. The van der Waals surface area contributed by atoms with E-state index < -0.39 is 29.3 Å². The van der Waals surface area contributed by atoms with Gasteiger partial charge in [-0.05, 0) is 35.4 Å². The van der Waals surface area contributed by atoms with Gasteiger partial charge in [-0.1, -0.05) is 6.07 Å². The van der Waals surface area contributed by atoms with Crippen LogP contribution in [-0.4, -0.2) is 7.11 Å². The van der Waals surface area contributed by atoms with Crippen LogP contribution >= 0.6 is 0 Å². The number of hydrogen-bond donors (Lipinski definition) is 1. The molecule has 0 aromatic heterocycles. The monoisotopic (exact) mass is 285 g/mol. The zero-order chi connectivity index (χ0) is 14.9. The first-order valence-electron chi connectivity index (χ1n) is 5.67. The number of ether oxygens (including phenoxy) is 1. The zero-order valence-electron chi connectivity index (χ0n) is 10.5. The van der Waals surface area contributed by atoms with Crippen molar-refractivity contribution in [1.29, 1.82) is 0 Å². The lowest BCUT2D eigenvalue weighted by atomic mass is 9.99. The molecule has 2 rings (SSSR count). The fourth-order valence-electron chi connectivity index (χ4n) is 1.82. The van der Waals surface area contributed by atoms with E-state index in [-0.39, 0.29) is 16.9 Å². The molecule has 0 spiro atoms. The summed E-state index contributed by atoms with van der Waals surface area (Å²) in [5.74, 6) is -4.88. The molecule has 0 amide bonds. The Labute approximate surface area is 112 Å². The highest BCUT2D eigenvalue weighted by atomic mass is 19.2. The summed E-state index contributed by atoms with van der Waals surface area (Å²) in [7, 11) is 1.31. The van der Waals surface area contributed by atoms with Crippen LogP contribution in [0.4, 0.5) is 17.6 Å². The largest absolute Gasteiger partial charge is 0.494 e. The summed E-state index contributed by atoms with van der Waals surface area (Å²) in [6.07, 6.45) is 0. The lowest BCUT2D eigenvalue weighted by Crippen LogP contribution is -2.13. The lowest BCUT2D eigenvalue weighted by Gasteiger charge is -2.14. The van der Waals surface area contributed by atoms with Gasteiger partial charge < -0.3 is 10.5 Å². The number of hydrogen-bond acceptors (Lipinski definition) is 2. The normalized spacial score (nSPS) is 12.3. The Morgan fingerprint density at radius 2 is 1.45 bits per heavy atom. The maximum absolute atomic E-state index is 13.6. The van der Waals surface area contributed by atoms with E-state index in [9.17, 15) is 17.6 Å². The van der Waals surface area contributed by atoms with Crippen molar-refractivity contribution in [2.24, 2.45) is 5.73 Å². The van der Waals surface area contributed by atoms with E-state index in [0.29, 0.717) is 0 Å². The molecule has 0 aliphatic heterocycles. The van der Waals surface area contributed by atoms with Crippen LogP contribution in [0.1, 0.15) is 17.2 Å². The average Bonchev–Trinajstić information content (AvgIpc) is 2.43. The molecule has 0 heterocycles. The van der Waals surface area contributed by atoms with Crippen LogP contribution in [0.25, 0.3) is 0 Å². The minimum Gasteiger partial charge on any atom is -0.494 e. The highest BCUT2D eigenvalue weighted by Gasteiger charge is 2.17. The molecule has 0 bridgehead atoms. The van der Waals surface area contributed by atoms with E-state index in [1.165, 1.54) is 19.2 Å². The summed E-state index contributed by atoms with van der Waals surface area (Å²) in [5.41, 5.74) is 6.09. The predicted octanol–water partition coefficient (Wildman–Crippen LogP) is 3.30. The zero-order valence-corrected chi connectivity index (χ0v) is 10.5. The number of nitrogens with two attached hydrogens (primary N) is 1. The van der Waals surface area contributed by atoms with Crippen LogP contribution in [-0.2, 0) is 0 Å². The summed E-state index contributed by atoms with van der Waals surface area (Å²) in [4.78, 5) is 0. The van der Waals surface area contributed by atoms with Crippen molar-refractivity contribution in [2.75, 3.05) is 7.11 Å². The molecule has 2 aromatic carbocycles. The molecule has 0 aliphatic carbocycles. The SMILES string of the molecule is COc1ccc(C(N)c2cc(F)c(F)c(F)c2)cc1F. The van der Waals surface area contributed by atoms with Crippen LogP contribution in [0.15, 0.2) is 30.3 Å². The maximum atomic E-state index is 13.6. The first-order valence-corrected chi connectivity index (χ1v) is 5.67. The van der Waals surface area contributed by atoms with Gasteiger partial charge in [0.2, 0.25) is 0 Å². The minimum atomic E-state index is -1.57. The third-order valence-electron chi connectivity index (χ3n) is 2.90. The molecule has 0 radical (unpaired) electrons. The van der Waals surface area contributed by atoms with Crippen LogP contribution in [0.5, 0.6) is 5.75 Å². The van der Waals surface area contributed by atoms with Crippen molar-refractivity contribution in [1.82, 2.24) is 0 Å². The van der Waals surface area contributed by atoms with Crippen molar-refractivity contribution in [3.05, 3.63) is 64.7 Å². The lowest BCUT2D eigenvalue weighted by molar-refractivity contribution is 0.386. The van der Waals surface area contributed by atoms with Gasteiger partial charge in [0.25, 0.3) is 0 Å². The molecular formula is C14H11F4NO. The van der Waals surface area contributed by atoms with Crippen molar-refractivity contribution in [2.45, 2.75) is 6.04 Å².